The standard InChI is InChI=1S/C25H29FN2O3/c26-20-11-9-19(10-12-20)24(30)28-15-6-14-25(18-28)13-4-1-5-16-31-22-8-3-2-7-21(22)23(29)27-17-25/h2-3,7-12H,1,4-6,13-18H2,(H,27,29). The number of fused-ring (bicyclic) bond motifs is 1. The first-order valence-corrected chi connectivity index (χ1v) is 11.1. The second-order valence-corrected chi connectivity index (χ2v) is 8.68. The number of benzene rings is 2. The van der Waals surface area contributed by atoms with E-state index in [1.807, 2.05) is 23.1 Å². The van der Waals surface area contributed by atoms with Crippen LogP contribution in [0.1, 0.15) is 59.2 Å². The van der Waals surface area contributed by atoms with E-state index in [-0.39, 0.29) is 23.0 Å². The van der Waals surface area contributed by atoms with Crippen molar-refractivity contribution in [3.8, 4) is 5.75 Å². The Morgan fingerprint density at radius 3 is 2.61 bits per heavy atom. The van der Waals surface area contributed by atoms with Crippen LogP contribution in [0, 0.1) is 11.2 Å². The number of amides is 2. The summed E-state index contributed by atoms with van der Waals surface area (Å²) in [4.78, 5) is 27.8. The van der Waals surface area contributed by atoms with E-state index in [4.69, 9.17) is 4.74 Å². The molecule has 1 fully saturated rings. The highest BCUT2D eigenvalue weighted by Gasteiger charge is 2.37. The van der Waals surface area contributed by atoms with Crippen molar-refractivity contribution in [1.82, 2.24) is 10.2 Å². The van der Waals surface area contributed by atoms with Crippen molar-refractivity contribution in [3.63, 3.8) is 0 Å². The highest BCUT2D eigenvalue weighted by atomic mass is 19.1. The molecule has 164 valence electrons. The third-order valence-corrected chi connectivity index (χ3v) is 6.40. The lowest BCUT2D eigenvalue weighted by Crippen LogP contribution is -2.51. The van der Waals surface area contributed by atoms with Crippen LogP contribution in [0.15, 0.2) is 48.5 Å². The van der Waals surface area contributed by atoms with Gasteiger partial charge in [0.15, 0.2) is 0 Å². The number of hydrogen-bond donors (Lipinski definition) is 1. The third kappa shape index (κ3) is 5.06. The van der Waals surface area contributed by atoms with E-state index >= 15 is 0 Å². The average Bonchev–Trinajstić information content (AvgIpc) is 2.79. The van der Waals surface area contributed by atoms with Crippen molar-refractivity contribution in [1.29, 1.82) is 0 Å². The van der Waals surface area contributed by atoms with Crippen LogP contribution in [-0.2, 0) is 0 Å². The van der Waals surface area contributed by atoms with Gasteiger partial charge in [-0.1, -0.05) is 25.0 Å². The van der Waals surface area contributed by atoms with E-state index in [0.717, 1.165) is 38.5 Å². The van der Waals surface area contributed by atoms with Crippen LogP contribution in [0.2, 0.25) is 0 Å². The number of hydrogen-bond acceptors (Lipinski definition) is 3. The van der Waals surface area contributed by atoms with Gasteiger partial charge in [0.05, 0.1) is 12.2 Å². The van der Waals surface area contributed by atoms with Crippen LogP contribution in [0.4, 0.5) is 4.39 Å². The zero-order chi connectivity index (χ0) is 21.7. The molecule has 1 atom stereocenters. The maximum absolute atomic E-state index is 13.3. The minimum Gasteiger partial charge on any atom is -0.493 e. The van der Waals surface area contributed by atoms with Crippen LogP contribution < -0.4 is 10.1 Å². The zero-order valence-electron chi connectivity index (χ0n) is 17.7. The molecule has 0 radical (unpaired) electrons. The summed E-state index contributed by atoms with van der Waals surface area (Å²) in [5.41, 5.74) is 0.897. The Bertz CT molecular complexity index is 931. The number of carbonyl (C=O) groups excluding carboxylic acids is 2. The van der Waals surface area contributed by atoms with Crippen LogP contribution in [0.5, 0.6) is 5.75 Å². The maximum atomic E-state index is 13.3. The summed E-state index contributed by atoms with van der Waals surface area (Å²) in [5, 5.41) is 3.12. The van der Waals surface area contributed by atoms with E-state index in [2.05, 4.69) is 5.32 Å². The number of ether oxygens (including phenoxy) is 1. The summed E-state index contributed by atoms with van der Waals surface area (Å²) in [5.74, 6) is 0.0529. The summed E-state index contributed by atoms with van der Waals surface area (Å²) in [6, 6.07) is 13.1. The first-order valence-electron chi connectivity index (χ1n) is 11.1. The Morgan fingerprint density at radius 2 is 1.77 bits per heavy atom. The van der Waals surface area contributed by atoms with E-state index < -0.39 is 0 Å². The highest BCUT2D eigenvalue weighted by molar-refractivity contribution is 5.97. The monoisotopic (exact) mass is 424 g/mol. The average molecular weight is 425 g/mol. The fraction of sp³-hybridized carbons (Fsp3) is 0.440. The lowest BCUT2D eigenvalue weighted by atomic mass is 9.75. The van der Waals surface area contributed by atoms with Gasteiger partial charge in [-0.3, -0.25) is 9.59 Å². The van der Waals surface area contributed by atoms with Crippen molar-refractivity contribution in [2.45, 2.75) is 38.5 Å². The van der Waals surface area contributed by atoms with Gasteiger partial charge in [-0.05, 0) is 62.1 Å². The molecule has 2 aliphatic heterocycles. The number of halogens is 1. The molecule has 4 rings (SSSR count). The highest BCUT2D eigenvalue weighted by Crippen LogP contribution is 2.36. The topological polar surface area (TPSA) is 58.6 Å². The first kappa shape index (κ1) is 21.3. The number of nitrogens with zero attached hydrogens (tertiary/aromatic N) is 1. The SMILES string of the molecule is O=C1NCC2(CCCCCOc3ccccc31)CCCN(C(=O)c1ccc(F)cc1)C2. The normalized spacial score (nSPS) is 22.5. The molecule has 1 saturated heterocycles. The van der Waals surface area contributed by atoms with E-state index in [9.17, 15) is 14.0 Å². The Hall–Kier alpha value is -2.89. The molecular formula is C25H29FN2O3. The summed E-state index contributed by atoms with van der Waals surface area (Å²) in [6.07, 6.45) is 5.82. The van der Waals surface area contributed by atoms with Crippen LogP contribution in [0.3, 0.4) is 0 Å². The first-order chi connectivity index (χ1) is 15.1. The van der Waals surface area contributed by atoms with Gasteiger partial charge in [0.2, 0.25) is 0 Å². The van der Waals surface area contributed by atoms with Gasteiger partial charge < -0.3 is 15.0 Å². The van der Waals surface area contributed by atoms with Crippen molar-refractivity contribution in [2.24, 2.45) is 5.41 Å². The molecule has 1 N–H and O–H groups in total. The summed E-state index contributed by atoms with van der Waals surface area (Å²) in [6.45, 7) is 2.39. The molecular weight excluding hydrogens is 395 g/mol. The van der Waals surface area contributed by atoms with Gasteiger partial charge >= 0.3 is 0 Å². The number of rotatable bonds is 1. The van der Waals surface area contributed by atoms with Gasteiger partial charge in [0, 0.05) is 30.6 Å². The predicted octanol–water partition coefficient (Wildman–Crippen LogP) is 4.43. The quantitative estimate of drug-likeness (QED) is 0.737. The number of carbonyl (C=O) groups is 2. The van der Waals surface area contributed by atoms with Gasteiger partial charge in [0.1, 0.15) is 11.6 Å². The van der Waals surface area contributed by atoms with Gasteiger partial charge in [0.25, 0.3) is 11.8 Å². The van der Waals surface area contributed by atoms with Gasteiger partial charge in [-0.25, -0.2) is 4.39 Å². The predicted molar refractivity (Wildman–Crippen MR) is 117 cm³/mol. The molecule has 2 aromatic carbocycles. The van der Waals surface area contributed by atoms with E-state index in [1.165, 1.54) is 12.1 Å². The molecule has 6 heteroatoms. The Labute approximate surface area is 182 Å². The minimum atomic E-state index is -0.349. The second-order valence-electron chi connectivity index (χ2n) is 8.68. The molecule has 2 aliphatic rings. The number of nitrogens with one attached hydrogen (secondary N) is 1. The zero-order valence-corrected chi connectivity index (χ0v) is 17.7. The summed E-state index contributed by atoms with van der Waals surface area (Å²) < 4.78 is 19.1. The van der Waals surface area contributed by atoms with E-state index in [1.54, 1.807) is 18.2 Å². The van der Waals surface area contributed by atoms with Crippen LogP contribution in [-0.4, -0.2) is 43.0 Å². The van der Waals surface area contributed by atoms with Crippen molar-refractivity contribution in [3.05, 3.63) is 65.5 Å². The lowest BCUT2D eigenvalue weighted by Gasteiger charge is -2.43. The fourth-order valence-electron chi connectivity index (χ4n) is 4.70. The van der Waals surface area contributed by atoms with Crippen molar-refractivity contribution >= 4 is 11.8 Å². The largest absolute Gasteiger partial charge is 0.493 e. The van der Waals surface area contributed by atoms with Crippen LogP contribution >= 0.6 is 0 Å². The van der Waals surface area contributed by atoms with Crippen molar-refractivity contribution in [2.75, 3.05) is 26.2 Å². The molecule has 1 spiro atoms. The fourth-order valence-corrected chi connectivity index (χ4v) is 4.70. The molecule has 0 aliphatic carbocycles. The third-order valence-electron chi connectivity index (χ3n) is 6.40. The molecule has 2 heterocycles. The van der Waals surface area contributed by atoms with Gasteiger partial charge in [-0.2, -0.15) is 0 Å². The summed E-state index contributed by atoms with van der Waals surface area (Å²) >= 11 is 0. The summed E-state index contributed by atoms with van der Waals surface area (Å²) in [7, 11) is 0. The molecule has 0 saturated carbocycles. The van der Waals surface area contributed by atoms with Crippen molar-refractivity contribution < 1.29 is 18.7 Å². The minimum absolute atomic E-state index is 0.0738. The molecule has 0 bridgehead atoms. The smallest absolute Gasteiger partial charge is 0.255 e. The molecule has 2 amide bonds. The number of likely N-dealkylation sites (tertiary alicyclic amines) is 1. The second kappa shape index (κ2) is 9.50. The maximum Gasteiger partial charge on any atom is 0.255 e. The Morgan fingerprint density at radius 1 is 1.00 bits per heavy atom. The molecule has 2 aromatic rings. The molecule has 0 aromatic heterocycles. The van der Waals surface area contributed by atoms with Gasteiger partial charge in [-0.15, -0.1) is 0 Å². The van der Waals surface area contributed by atoms with Crippen LogP contribution in [0.25, 0.3) is 0 Å². The molecule has 1 unspecified atom stereocenters. The lowest BCUT2D eigenvalue weighted by molar-refractivity contribution is 0.0468. The Balaban J connectivity index is 1.52. The molecule has 31 heavy (non-hydrogen) atoms. The number of piperidine rings is 1. The number of para-hydroxylation sites is 1. The molecule has 5 nitrogen and oxygen atoms in total. The Kier molecular flexibility index (Phi) is 6.54. The van der Waals surface area contributed by atoms with E-state index in [0.29, 0.717) is 43.1 Å².